The van der Waals surface area contributed by atoms with Gasteiger partial charge in [0.05, 0.1) is 17.5 Å². The second-order valence-electron chi connectivity index (χ2n) is 5.25. The molecule has 19 heavy (non-hydrogen) atoms. The number of nitrogens with two attached hydrogens (primary N) is 1. The van der Waals surface area contributed by atoms with Gasteiger partial charge in [-0.15, -0.1) is 0 Å². The van der Waals surface area contributed by atoms with E-state index in [1.807, 2.05) is 32.0 Å². The van der Waals surface area contributed by atoms with Crippen LogP contribution in [0.3, 0.4) is 0 Å². The van der Waals surface area contributed by atoms with E-state index >= 15 is 0 Å². The number of ether oxygens (including phenoxy) is 1. The minimum Gasteiger partial charge on any atom is -0.489 e. The van der Waals surface area contributed by atoms with Crippen LogP contribution in [0.1, 0.15) is 33.1 Å². The average molecular weight is 280 g/mol. The molecule has 106 valence electrons. The first-order valence-corrected chi connectivity index (χ1v) is 8.12. The van der Waals surface area contributed by atoms with Crippen LogP contribution in [-0.2, 0) is 0 Å². The van der Waals surface area contributed by atoms with Crippen molar-refractivity contribution in [3.63, 3.8) is 0 Å². The van der Waals surface area contributed by atoms with Crippen LogP contribution in [-0.4, -0.2) is 23.7 Å². The Balaban J connectivity index is 1.95. The first kappa shape index (κ1) is 14.4. The molecule has 1 aliphatic rings. The summed E-state index contributed by atoms with van der Waals surface area (Å²) in [5.74, 6) is 2.06. The van der Waals surface area contributed by atoms with E-state index < -0.39 is 0 Å². The Labute approximate surface area is 120 Å². The maximum absolute atomic E-state index is 6.15. The fourth-order valence-corrected chi connectivity index (χ4v) is 3.49. The minimum absolute atomic E-state index is 0.145. The van der Waals surface area contributed by atoms with Gasteiger partial charge in [0.15, 0.2) is 0 Å². The molecule has 0 spiro atoms. The number of nitrogens with one attached hydrogen (secondary N) is 1. The predicted octanol–water partition coefficient (Wildman–Crippen LogP) is 3.75. The molecule has 1 fully saturated rings. The molecule has 4 heteroatoms. The Morgan fingerprint density at radius 2 is 2.26 bits per heavy atom. The molecule has 0 radical (unpaired) electrons. The predicted molar refractivity (Wildman–Crippen MR) is 85.2 cm³/mol. The zero-order chi connectivity index (χ0) is 13.7. The van der Waals surface area contributed by atoms with Crippen molar-refractivity contribution in [2.24, 2.45) is 0 Å². The van der Waals surface area contributed by atoms with Crippen LogP contribution >= 0.6 is 11.8 Å². The summed E-state index contributed by atoms with van der Waals surface area (Å²) in [5, 5.41) is 4.18. The van der Waals surface area contributed by atoms with Gasteiger partial charge in [-0.25, -0.2) is 0 Å². The lowest BCUT2D eigenvalue weighted by atomic mass is 10.2. The van der Waals surface area contributed by atoms with Gasteiger partial charge in [0, 0.05) is 11.8 Å². The van der Waals surface area contributed by atoms with Gasteiger partial charge in [-0.3, -0.25) is 0 Å². The van der Waals surface area contributed by atoms with Crippen LogP contribution in [0.4, 0.5) is 11.4 Å². The van der Waals surface area contributed by atoms with Crippen molar-refractivity contribution < 1.29 is 4.74 Å². The monoisotopic (exact) mass is 280 g/mol. The number of benzene rings is 1. The van der Waals surface area contributed by atoms with Crippen molar-refractivity contribution in [1.82, 2.24) is 0 Å². The second-order valence-corrected chi connectivity index (χ2v) is 6.66. The molecule has 0 saturated carbocycles. The summed E-state index contributed by atoms with van der Waals surface area (Å²) in [6, 6.07) is 5.94. The van der Waals surface area contributed by atoms with Gasteiger partial charge in [-0.1, -0.05) is 12.5 Å². The summed E-state index contributed by atoms with van der Waals surface area (Å²) < 4.78 is 5.71. The fraction of sp³-hybridized carbons (Fsp3) is 0.600. The van der Waals surface area contributed by atoms with Crippen molar-refractivity contribution in [3.8, 4) is 5.75 Å². The Morgan fingerprint density at radius 3 is 2.95 bits per heavy atom. The van der Waals surface area contributed by atoms with Crippen LogP contribution in [0.2, 0.25) is 0 Å². The standard InChI is InChI=1S/C15H24N2OS/c1-11(2)18-14-8-5-7-13(15(14)16)17-10-12-6-3-4-9-19-12/h5,7-8,11-12,17H,3-4,6,9-10,16H2,1-2H3. The highest BCUT2D eigenvalue weighted by molar-refractivity contribution is 7.99. The third-order valence-corrected chi connectivity index (χ3v) is 4.62. The zero-order valence-electron chi connectivity index (χ0n) is 11.8. The molecule has 0 amide bonds. The average Bonchev–Trinajstić information content (AvgIpc) is 2.40. The molecule has 1 saturated heterocycles. The normalized spacial score (nSPS) is 19.4. The largest absolute Gasteiger partial charge is 0.489 e. The number of anilines is 2. The second kappa shape index (κ2) is 6.94. The number of rotatable bonds is 5. The highest BCUT2D eigenvalue weighted by Crippen LogP contribution is 2.31. The number of nitrogen functional groups attached to an aromatic ring is 1. The SMILES string of the molecule is CC(C)Oc1cccc(NCC2CCCCS2)c1N. The van der Waals surface area contributed by atoms with Crippen molar-refractivity contribution in [3.05, 3.63) is 18.2 Å². The van der Waals surface area contributed by atoms with Crippen molar-refractivity contribution in [1.29, 1.82) is 0 Å². The number of hydrogen-bond acceptors (Lipinski definition) is 4. The Hall–Kier alpha value is -1.03. The molecule has 1 atom stereocenters. The molecule has 3 N–H and O–H groups in total. The molecule has 1 aliphatic heterocycles. The fourth-order valence-electron chi connectivity index (χ4n) is 2.25. The summed E-state index contributed by atoms with van der Waals surface area (Å²) in [6.45, 7) is 5.01. The minimum atomic E-state index is 0.145. The van der Waals surface area contributed by atoms with E-state index in [-0.39, 0.29) is 6.10 Å². The highest BCUT2D eigenvalue weighted by Gasteiger charge is 2.14. The molecule has 0 aromatic heterocycles. The molecule has 0 aliphatic carbocycles. The summed E-state index contributed by atoms with van der Waals surface area (Å²) >= 11 is 2.07. The van der Waals surface area contributed by atoms with Gasteiger partial charge in [-0.05, 0) is 44.6 Å². The van der Waals surface area contributed by atoms with Crippen molar-refractivity contribution in [2.45, 2.75) is 44.5 Å². The van der Waals surface area contributed by atoms with E-state index in [4.69, 9.17) is 10.5 Å². The van der Waals surface area contributed by atoms with Crippen molar-refractivity contribution in [2.75, 3.05) is 23.3 Å². The topological polar surface area (TPSA) is 47.3 Å². The molecular weight excluding hydrogens is 256 g/mol. The summed E-state index contributed by atoms with van der Waals surface area (Å²) in [6.07, 6.45) is 4.16. The summed E-state index contributed by atoms with van der Waals surface area (Å²) in [7, 11) is 0. The first-order chi connectivity index (χ1) is 9.16. The number of hydrogen-bond donors (Lipinski definition) is 2. The van der Waals surface area contributed by atoms with Crippen LogP contribution in [0.15, 0.2) is 18.2 Å². The number of thioether (sulfide) groups is 1. The lowest BCUT2D eigenvalue weighted by molar-refractivity contribution is 0.244. The van der Waals surface area contributed by atoms with E-state index in [1.165, 1.54) is 25.0 Å². The van der Waals surface area contributed by atoms with Gasteiger partial charge in [0.2, 0.25) is 0 Å². The quantitative estimate of drug-likeness (QED) is 0.806. The van der Waals surface area contributed by atoms with Gasteiger partial charge < -0.3 is 15.8 Å². The Kier molecular flexibility index (Phi) is 5.25. The molecule has 1 unspecified atom stereocenters. The first-order valence-electron chi connectivity index (χ1n) is 7.07. The van der Waals surface area contributed by atoms with Gasteiger partial charge in [0.1, 0.15) is 5.75 Å². The molecule has 3 nitrogen and oxygen atoms in total. The van der Waals surface area contributed by atoms with Crippen LogP contribution in [0, 0.1) is 0 Å². The lowest BCUT2D eigenvalue weighted by Crippen LogP contribution is -2.20. The zero-order valence-corrected chi connectivity index (χ0v) is 12.6. The molecule has 1 heterocycles. The molecular formula is C15H24N2OS. The third kappa shape index (κ3) is 4.23. The molecule has 1 aromatic rings. The molecule has 1 aromatic carbocycles. The van der Waals surface area contributed by atoms with E-state index in [1.54, 1.807) is 0 Å². The highest BCUT2D eigenvalue weighted by atomic mass is 32.2. The number of para-hydroxylation sites is 1. The Bertz CT molecular complexity index is 403. The van der Waals surface area contributed by atoms with Gasteiger partial charge in [0.25, 0.3) is 0 Å². The third-order valence-electron chi connectivity index (χ3n) is 3.22. The maximum atomic E-state index is 6.15. The van der Waals surface area contributed by atoms with Crippen LogP contribution in [0.25, 0.3) is 0 Å². The summed E-state index contributed by atoms with van der Waals surface area (Å²) in [5.41, 5.74) is 7.86. The van der Waals surface area contributed by atoms with E-state index in [0.717, 1.165) is 23.7 Å². The molecule has 0 bridgehead atoms. The van der Waals surface area contributed by atoms with Gasteiger partial charge >= 0.3 is 0 Å². The van der Waals surface area contributed by atoms with E-state index in [9.17, 15) is 0 Å². The molecule has 2 rings (SSSR count). The van der Waals surface area contributed by atoms with Crippen LogP contribution < -0.4 is 15.8 Å². The lowest BCUT2D eigenvalue weighted by Gasteiger charge is -2.23. The smallest absolute Gasteiger partial charge is 0.144 e. The van der Waals surface area contributed by atoms with E-state index in [2.05, 4.69) is 17.1 Å². The van der Waals surface area contributed by atoms with E-state index in [0.29, 0.717) is 5.25 Å². The Morgan fingerprint density at radius 1 is 1.42 bits per heavy atom. The van der Waals surface area contributed by atoms with Crippen LogP contribution in [0.5, 0.6) is 5.75 Å². The van der Waals surface area contributed by atoms with Gasteiger partial charge in [-0.2, -0.15) is 11.8 Å². The maximum Gasteiger partial charge on any atom is 0.144 e. The summed E-state index contributed by atoms with van der Waals surface area (Å²) in [4.78, 5) is 0. The van der Waals surface area contributed by atoms with Crippen molar-refractivity contribution >= 4 is 23.1 Å².